The second-order valence-electron chi connectivity index (χ2n) is 9.95. The van der Waals surface area contributed by atoms with Gasteiger partial charge in [0.2, 0.25) is 5.91 Å². The first-order valence-corrected chi connectivity index (χ1v) is 12.5. The van der Waals surface area contributed by atoms with Gasteiger partial charge < -0.3 is 20.5 Å². The fraction of sp³-hybridized carbons (Fsp3) is 0.464. The van der Waals surface area contributed by atoms with E-state index in [1.54, 1.807) is 13.8 Å². The van der Waals surface area contributed by atoms with E-state index in [0.29, 0.717) is 0 Å². The molecule has 3 atom stereocenters. The van der Waals surface area contributed by atoms with Crippen molar-refractivity contribution in [2.45, 2.75) is 64.0 Å². The molecule has 1 saturated carbocycles. The van der Waals surface area contributed by atoms with Crippen LogP contribution in [0.3, 0.4) is 0 Å². The summed E-state index contributed by atoms with van der Waals surface area (Å²) in [7, 11) is 0. The molecule has 3 N–H and O–H groups in total. The van der Waals surface area contributed by atoms with E-state index in [2.05, 4.69) is 34.9 Å². The summed E-state index contributed by atoms with van der Waals surface area (Å²) in [6.45, 7) is 3.77. The normalized spacial score (nSPS) is 20.0. The average Bonchev–Trinajstić information content (AvgIpc) is 3.16. The molecule has 2 aliphatic carbocycles. The zero-order valence-electron chi connectivity index (χ0n) is 20.3. The lowest BCUT2D eigenvalue weighted by Crippen LogP contribution is -2.47. The molecule has 0 saturated heterocycles. The number of ether oxygens (including phenoxy) is 1. The molecule has 1 fully saturated rings. The van der Waals surface area contributed by atoms with Crippen molar-refractivity contribution in [2.75, 3.05) is 6.61 Å². The number of rotatable bonds is 8. The van der Waals surface area contributed by atoms with Gasteiger partial charge in [0.25, 0.3) is 0 Å². The molecule has 0 bridgehead atoms. The minimum Gasteiger partial charge on any atom is -0.480 e. The predicted octanol–water partition coefficient (Wildman–Crippen LogP) is 4.70. The number of benzene rings is 2. The molecule has 0 spiro atoms. The van der Waals surface area contributed by atoms with Crippen molar-refractivity contribution >= 4 is 18.0 Å². The number of alkyl carbamates (subject to hydrolysis) is 1. The van der Waals surface area contributed by atoms with Crippen LogP contribution in [0.5, 0.6) is 0 Å². The van der Waals surface area contributed by atoms with E-state index in [1.807, 2.05) is 24.3 Å². The van der Waals surface area contributed by atoms with Crippen LogP contribution in [0.1, 0.15) is 63.0 Å². The molecule has 7 nitrogen and oxygen atoms in total. The number of nitrogens with one attached hydrogen (secondary N) is 2. The fourth-order valence-corrected chi connectivity index (χ4v) is 5.42. The Morgan fingerprint density at radius 1 is 0.971 bits per heavy atom. The number of carboxylic acids is 1. The summed E-state index contributed by atoms with van der Waals surface area (Å²) in [5, 5.41) is 15.0. The Morgan fingerprint density at radius 2 is 1.57 bits per heavy atom. The van der Waals surface area contributed by atoms with Crippen LogP contribution in [-0.2, 0) is 14.3 Å². The van der Waals surface area contributed by atoms with Gasteiger partial charge in [-0.2, -0.15) is 0 Å². The Balaban J connectivity index is 1.35. The van der Waals surface area contributed by atoms with Gasteiger partial charge in [0, 0.05) is 18.4 Å². The molecule has 35 heavy (non-hydrogen) atoms. The van der Waals surface area contributed by atoms with Crippen molar-refractivity contribution in [1.82, 2.24) is 10.6 Å². The minimum atomic E-state index is -1.04. The lowest BCUT2D eigenvalue weighted by molar-refractivity contribution is -0.143. The maximum Gasteiger partial charge on any atom is 0.407 e. The minimum absolute atomic E-state index is 0.00920. The van der Waals surface area contributed by atoms with Crippen LogP contribution < -0.4 is 10.6 Å². The standard InChI is InChI=1S/C28H34N2O5/c1-17(2)26(27(32)33)30-25(31)15-18-9-3-8-14-24(18)29-28(34)35-16-23-21-12-6-4-10-19(21)20-11-5-7-13-22(20)23/h4-7,10-13,17-18,23-24,26H,3,8-9,14-16H2,1-2H3,(H,29,34)(H,30,31)(H,32,33)/t18?,24?,26-/m0/s1. The van der Waals surface area contributed by atoms with Crippen LogP contribution in [0.15, 0.2) is 48.5 Å². The number of carbonyl (C=O) groups excluding carboxylic acids is 2. The van der Waals surface area contributed by atoms with E-state index in [4.69, 9.17) is 4.74 Å². The Bertz CT molecular complexity index is 1040. The van der Waals surface area contributed by atoms with E-state index in [0.717, 1.165) is 36.8 Å². The molecule has 0 heterocycles. The number of carboxylic acid groups (broad SMARTS) is 1. The summed E-state index contributed by atoms with van der Waals surface area (Å²) in [6, 6.07) is 15.3. The Morgan fingerprint density at radius 3 is 2.17 bits per heavy atom. The molecule has 4 rings (SSSR count). The van der Waals surface area contributed by atoms with Crippen LogP contribution in [0.2, 0.25) is 0 Å². The smallest absolute Gasteiger partial charge is 0.407 e. The van der Waals surface area contributed by atoms with Gasteiger partial charge in [0.15, 0.2) is 0 Å². The highest BCUT2D eigenvalue weighted by Gasteiger charge is 2.32. The average molecular weight is 479 g/mol. The highest BCUT2D eigenvalue weighted by atomic mass is 16.5. The Kier molecular flexibility index (Phi) is 7.73. The van der Waals surface area contributed by atoms with Gasteiger partial charge in [-0.3, -0.25) is 4.79 Å². The van der Waals surface area contributed by atoms with Gasteiger partial charge in [0.1, 0.15) is 12.6 Å². The third-order valence-corrected chi connectivity index (χ3v) is 7.25. The zero-order chi connectivity index (χ0) is 24.9. The van der Waals surface area contributed by atoms with E-state index < -0.39 is 18.1 Å². The first kappa shape index (κ1) is 24.8. The maximum atomic E-state index is 12.8. The number of aliphatic carboxylic acids is 1. The highest BCUT2D eigenvalue weighted by Crippen LogP contribution is 2.44. The third kappa shape index (κ3) is 5.66. The number of amides is 2. The van der Waals surface area contributed by atoms with E-state index in [-0.39, 0.29) is 42.7 Å². The largest absolute Gasteiger partial charge is 0.480 e. The first-order chi connectivity index (χ1) is 16.8. The van der Waals surface area contributed by atoms with Gasteiger partial charge in [-0.1, -0.05) is 75.2 Å². The summed E-state index contributed by atoms with van der Waals surface area (Å²) < 4.78 is 5.69. The molecule has 0 aliphatic heterocycles. The molecule has 2 amide bonds. The van der Waals surface area contributed by atoms with Crippen molar-refractivity contribution in [3.63, 3.8) is 0 Å². The van der Waals surface area contributed by atoms with Crippen LogP contribution in [0.25, 0.3) is 11.1 Å². The van der Waals surface area contributed by atoms with Crippen molar-refractivity contribution in [1.29, 1.82) is 0 Å². The third-order valence-electron chi connectivity index (χ3n) is 7.25. The molecule has 2 aromatic rings. The predicted molar refractivity (Wildman–Crippen MR) is 133 cm³/mol. The second kappa shape index (κ2) is 10.9. The van der Waals surface area contributed by atoms with Gasteiger partial charge >= 0.3 is 12.1 Å². The van der Waals surface area contributed by atoms with Crippen molar-refractivity contribution in [2.24, 2.45) is 11.8 Å². The SMILES string of the molecule is CC(C)[C@H](NC(=O)CC1CCCCC1NC(=O)OCC1c2ccccc2-c2ccccc21)C(=O)O. The van der Waals surface area contributed by atoms with Gasteiger partial charge in [-0.25, -0.2) is 9.59 Å². The van der Waals surface area contributed by atoms with Crippen molar-refractivity contribution in [3.05, 3.63) is 59.7 Å². The fourth-order valence-electron chi connectivity index (χ4n) is 5.42. The number of fused-ring (bicyclic) bond motifs is 3. The number of carbonyl (C=O) groups is 3. The Hall–Kier alpha value is -3.35. The summed E-state index contributed by atoms with van der Waals surface area (Å²) >= 11 is 0. The topological polar surface area (TPSA) is 105 Å². The molecule has 2 aliphatic rings. The molecular formula is C28H34N2O5. The van der Waals surface area contributed by atoms with E-state index in [1.165, 1.54) is 11.1 Å². The van der Waals surface area contributed by atoms with Gasteiger partial charge in [0.05, 0.1) is 0 Å². The van der Waals surface area contributed by atoms with Crippen LogP contribution in [0, 0.1) is 11.8 Å². The zero-order valence-corrected chi connectivity index (χ0v) is 20.3. The van der Waals surface area contributed by atoms with Crippen LogP contribution in [-0.4, -0.2) is 41.8 Å². The number of hydrogen-bond acceptors (Lipinski definition) is 4. The van der Waals surface area contributed by atoms with Crippen LogP contribution >= 0.6 is 0 Å². The first-order valence-electron chi connectivity index (χ1n) is 12.5. The van der Waals surface area contributed by atoms with E-state index in [9.17, 15) is 19.5 Å². The molecular weight excluding hydrogens is 444 g/mol. The van der Waals surface area contributed by atoms with E-state index >= 15 is 0 Å². The highest BCUT2D eigenvalue weighted by molar-refractivity contribution is 5.84. The lowest BCUT2D eigenvalue weighted by atomic mass is 9.82. The monoisotopic (exact) mass is 478 g/mol. The molecule has 0 radical (unpaired) electrons. The van der Waals surface area contributed by atoms with Gasteiger partial charge in [-0.05, 0) is 46.9 Å². The molecule has 0 aromatic heterocycles. The van der Waals surface area contributed by atoms with Gasteiger partial charge in [-0.15, -0.1) is 0 Å². The number of hydrogen-bond donors (Lipinski definition) is 3. The molecule has 2 unspecified atom stereocenters. The Labute approximate surface area is 206 Å². The maximum absolute atomic E-state index is 12.8. The molecule has 7 heteroatoms. The quantitative estimate of drug-likeness (QED) is 0.510. The lowest BCUT2D eigenvalue weighted by Gasteiger charge is -2.32. The summed E-state index contributed by atoms with van der Waals surface area (Å²) in [6.07, 6.45) is 3.24. The molecule has 186 valence electrons. The second-order valence-corrected chi connectivity index (χ2v) is 9.95. The summed E-state index contributed by atoms with van der Waals surface area (Å²) in [4.78, 5) is 36.8. The van der Waals surface area contributed by atoms with Crippen molar-refractivity contribution < 1.29 is 24.2 Å². The summed E-state index contributed by atoms with van der Waals surface area (Å²) in [5.41, 5.74) is 4.67. The summed E-state index contributed by atoms with van der Waals surface area (Å²) in [5.74, 6) is -1.60. The van der Waals surface area contributed by atoms with Crippen LogP contribution in [0.4, 0.5) is 4.79 Å². The molecule has 2 aromatic carbocycles. The van der Waals surface area contributed by atoms with Crippen molar-refractivity contribution in [3.8, 4) is 11.1 Å².